The minimum absolute atomic E-state index is 0.211. The number of hydrogen-bond acceptors (Lipinski definition) is 4. The van der Waals surface area contributed by atoms with E-state index < -0.39 is 11.7 Å². The van der Waals surface area contributed by atoms with Gasteiger partial charge in [-0.25, -0.2) is 9.67 Å². The first-order valence-corrected chi connectivity index (χ1v) is 8.13. The molecule has 3 rings (SSSR count). The molecule has 1 N–H and O–H groups in total. The van der Waals surface area contributed by atoms with Crippen molar-refractivity contribution in [3.05, 3.63) is 63.7 Å². The van der Waals surface area contributed by atoms with Gasteiger partial charge in [-0.15, -0.1) is 11.3 Å². The van der Waals surface area contributed by atoms with Crippen LogP contribution in [0.4, 0.5) is 13.2 Å². The van der Waals surface area contributed by atoms with Crippen LogP contribution in [0.5, 0.6) is 0 Å². The molecule has 0 aliphatic heterocycles. The monoisotopic (exact) mass is 366 g/mol. The van der Waals surface area contributed by atoms with Crippen molar-refractivity contribution in [2.45, 2.75) is 19.6 Å². The predicted octanol–water partition coefficient (Wildman–Crippen LogP) is 3.59. The van der Waals surface area contributed by atoms with Gasteiger partial charge in [-0.2, -0.15) is 18.3 Å². The molecule has 3 aromatic rings. The van der Waals surface area contributed by atoms with Crippen LogP contribution in [0, 0.1) is 6.92 Å². The molecule has 0 atom stereocenters. The Labute approximate surface area is 145 Å². The quantitative estimate of drug-likeness (QED) is 0.768. The molecule has 3 aromatic heterocycles. The Morgan fingerprint density at radius 1 is 1.28 bits per heavy atom. The number of halogens is 3. The van der Waals surface area contributed by atoms with Gasteiger partial charge in [0.2, 0.25) is 0 Å². The number of alkyl halides is 3. The zero-order valence-electron chi connectivity index (χ0n) is 13.0. The van der Waals surface area contributed by atoms with Crippen LogP contribution in [0.3, 0.4) is 0 Å². The Morgan fingerprint density at radius 3 is 2.68 bits per heavy atom. The van der Waals surface area contributed by atoms with Gasteiger partial charge < -0.3 is 5.32 Å². The highest BCUT2D eigenvalue weighted by atomic mass is 32.1. The van der Waals surface area contributed by atoms with Crippen LogP contribution in [0.1, 0.15) is 26.5 Å². The van der Waals surface area contributed by atoms with E-state index in [2.05, 4.69) is 15.4 Å². The third kappa shape index (κ3) is 3.71. The summed E-state index contributed by atoms with van der Waals surface area (Å²) in [6.45, 7) is 2.06. The van der Waals surface area contributed by atoms with Crippen molar-refractivity contribution in [3.63, 3.8) is 0 Å². The van der Waals surface area contributed by atoms with Gasteiger partial charge in [0.1, 0.15) is 0 Å². The lowest BCUT2D eigenvalue weighted by molar-refractivity contribution is -0.137. The first-order valence-electron chi connectivity index (χ1n) is 7.25. The molecule has 0 bridgehead atoms. The highest BCUT2D eigenvalue weighted by Gasteiger charge is 2.30. The number of thiophene rings is 1. The maximum atomic E-state index is 12.6. The van der Waals surface area contributed by atoms with Crippen LogP contribution in [0.25, 0.3) is 5.82 Å². The zero-order valence-corrected chi connectivity index (χ0v) is 13.9. The molecule has 0 aromatic carbocycles. The number of nitrogens with zero attached hydrogens (tertiary/aromatic N) is 3. The molecule has 0 unspecified atom stereocenters. The topological polar surface area (TPSA) is 59.8 Å². The van der Waals surface area contributed by atoms with Gasteiger partial charge in [0.25, 0.3) is 5.91 Å². The summed E-state index contributed by atoms with van der Waals surface area (Å²) in [5, 5.41) is 8.76. The highest BCUT2D eigenvalue weighted by molar-refractivity contribution is 7.09. The van der Waals surface area contributed by atoms with Crippen LogP contribution in [-0.4, -0.2) is 20.7 Å². The van der Waals surface area contributed by atoms with E-state index in [-0.39, 0.29) is 11.7 Å². The lowest BCUT2D eigenvalue weighted by Crippen LogP contribution is -2.22. The normalized spacial score (nSPS) is 11.5. The van der Waals surface area contributed by atoms with E-state index in [1.807, 2.05) is 17.5 Å². The minimum Gasteiger partial charge on any atom is -0.347 e. The van der Waals surface area contributed by atoms with E-state index in [4.69, 9.17) is 0 Å². The van der Waals surface area contributed by atoms with E-state index in [0.717, 1.165) is 17.1 Å². The van der Waals surface area contributed by atoms with Gasteiger partial charge in [-0.1, -0.05) is 6.07 Å². The Morgan fingerprint density at radius 2 is 2.08 bits per heavy atom. The molecular formula is C16H13F3N4OS. The lowest BCUT2D eigenvalue weighted by Gasteiger charge is -2.08. The third-order valence-corrected chi connectivity index (χ3v) is 4.43. The molecule has 0 saturated heterocycles. The number of hydrogen-bond donors (Lipinski definition) is 1. The molecule has 9 heteroatoms. The van der Waals surface area contributed by atoms with Crippen LogP contribution in [0.15, 0.2) is 42.0 Å². The molecule has 25 heavy (non-hydrogen) atoms. The third-order valence-electron chi connectivity index (χ3n) is 3.55. The molecule has 0 spiro atoms. The van der Waals surface area contributed by atoms with Crippen molar-refractivity contribution in [2.24, 2.45) is 0 Å². The maximum absolute atomic E-state index is 12.6. The SMILES string of the molecule is Cc1c(C(=O)NCc2cccs2)cnn1-c1ccc(C(F)(F)F)cn1. The van der Waals surface area contributed by atoms with Crippen molar-refractivity contribution in [3.8, 4) is 5.82 Å². The molecule has 130 valence electrons. The molecule has 1 amide bonds. The number of rotatable bonds is 4. The summed E-state index contributed by atoms with van der Waals surface area (Å²) in [5.74, 6) is -0.0909. The molecule has 3 heterocycles. The fraction of sp³-hybridized carbons (Fsp3) is 0.188. The predicted molar refractivity (Wildman–Crippen MR) is 86.6 cm³/mol. The molecule has 0 radical (unpaired) electrons. The number of amides is 1. The molecular weight excluding hydrogens is 353 g/mol. The van der Waals surface area contributed by atoms with Crippen LogP contribution < -0.4 is 5.32 Å². The summed E-state index contributed by atoms with van der Waals surface area (Å²) in [6, 6.07) is 5.95. The van der Waals surface area contributed by atoms with Gasteiger partial charge >= 0.3 is 6.18 Å². The highest BCUT2D eigenvalue weighted by Crippen LogP contribution is 2.28. The van der Waals surface area contributed by atoms with Crippen molar-refractivity contribution in [1.29, 1.82) is 0 Å². The second kappa shape index (κ2) is 6.67. The summed E-state index contributed by atoms with van der Waals surface area (Å²) >= 11 is 1.53. The number of pyridine rings is 1. The van der Waals surface area contributed by atoms with Gasteiger partial charge in [-0.3, -0.25) is 4.79 Å². The summed E-state index contributed by atoms with van der Waals surface area (Å²) < 4.78 is 39.1. The lowest BCUT2D eigenvalue weighted by atomic mass is 10.2. The number of nitrogens with one attached hydrogen (secondary N) is 1. The maximum Gasteiger partial charge on any atom is 0.417 e. The number of carbonyl (C=O) groups excluding carboxylic acids is 1. The van der Waals surface area contributed by atoms with Crippen molar-refractivity contribution < 1.29 is 18.0 Å². The van der Waals surface area contributed by atoms with E-state index in [0.29, 0.717) is 17.8 Å². The van der Waals surface area contributed by atoms with Crippen LogP contribution in [0.2, 0.25) is 0 Å². The number of carbonyl (C=O) groups is 1. The van der Waals surface area contributed by atoms with E-state index in [9.17, 15) is 18.0 Å². The van der Waals surface area contributed by atoms with Gasteiger partial charge in [0.05, 0.1) is 29.6 Å². The average Bonchev–Trinajstić information content (AvgIpc) is 3.21. The van der Waals surface area contributed by atoms with E-state index in [1.165, 1.54) is 28.3 Å². The standard InChI is InChI=1S/C16H13F3N4OS/c1-10-13(15(24)21-8-12-3-2-6-25-12)9-22-23(10)14-5-4-11(7-20-14)16(17,18)19/h2-7,9H,8H2,1H3,(H,21,24). The largest absolute Gasteiger partial charge is 0.417 e. The average molecular weight is 366 g/mol. The van der Waals surface area contributed by atoms with Gasteiger partial charge in [-0.05, 0) is 30.5 Å². The van der Waals surface area contributed by atoms with Crippen LogP contribution in [-0.2, 0) is 12.7 Å². The van der Waals surface area contributed by atoms with Gasteiger partial charge in [0, 0.05) is 11.1 Å². The van der Waals surface area contributed by atoms with E-state index >= 15 is 0 Å². The second-order valence-electron chi connectivity index (χ2n) is 5.22. The number of aromatic nitrogens is 3. The Balaban J connectivity index is 1.77. The molecule has 0 aliphatic rings. The van der Waals surface area contributed by atoms with E-state index in [1.54, 1.807) is 6.92 Å². The zero-order chi connectivity index (χ0) is 18.0. The molecule has 0 aliphatic carbocycles. The first kappa shape index (κ1) is 17.2. The van der Waals surface area contributed by atoms with Crippen molar-refractivity contribution in [1.82, 2.24) is 20.1 Å². The Bertz CT molecular complexity index is 870. The summed E-state index contributed by atoms with van der Waals surface area (Å²) in [5.41, 5.74) is 0.00386. The first-order chi connectivity index (χ1) is 11.9. The second-order valence-corrected chi connectivity index (χ2v) is 6.25. The van der Waals surface area contributed by atoms with Crippen molar-refractivity contribution in [2.75, 3.05) is 0 Å². The Hall–Kier alpha value is -2.68. The fourth-order valence-electron chi connectivity index (χ4n) is 2.22. The molecule has 5 nitrogen and oxygen atoms in total. The Kier molecular flexibility index (Phi) is 4.58. The smallest absolute Gasteiger partial charge is 0.347 e. The summed E-state index contributed by atoms with van der Waals surface area (Å²) in [4.78, 5) is 17.1. The fourth-order valence-corrected chi connectivity index (χ4v) is 2.86. The summed E-state index contributed by atoms with van der Waals surface area (Å²) in [6.07, 6.45) is -2.33. The minimum atomic E-state index is -4.45. The molecule has 0 fully saturated rings. The van der Waals surface area contributed by atoms with Crippen LogP contribution >= 0.6 is 11.3 Å². The van der Waals surface area contributed by atoms with Gasteiger partial charge in [0.15, 0.2) is 5.82 Å². The van der Waals surface area contributed by atoms with Crippen molar-refractivity contribution >= 4 is 17.2 Å². The molecule has 0 saturated carbocycles. The summed E-state index contributed by atoms with van der Waals surface area (Å²) in [7, 11) is 0.